The van der Waals surface area contributed by atoms with Crippen LogP contribution in [-0.2, 0) is 12.8 Å². The first-order valence-electron chi connectivity index (χ1n) is 5.05. The average Bonchev–Trinajstić information content (AvgIpc) is 2.87. The van der Waals surface area contributed by atoms with Crippen molar-refractivity contribution in [2.45, 2.75) is 26.2 Å². The number of alkyl halides is 1. The van der Waals surface area contributed by atoms with Gasteiger partial charge in [0, 0.05) is 12.3 Å². The smallest absolute Gasteiger partial charge is 0.261 e. The van der Waals surface area contributed by atoms with Crippen molar-refractivity contribution in [3.05, 3.63) is 11.6 Å². The summed E-state index contributed by atoms with van der Waals surface area (Å²) in [6, 6.07) is 0. The molecular weight excluding hydrogens is 248 g/mol. The average molecular weight is 259 g/mol. The fourth-order valence-electron chi connectivity index (χ4n) is 1.30. The van der Waals surface area contributed by atoms with Gasteiger partial charge in [0.05, 0.1) is 5.69 Å². The summed E-state index contributed by atoms with van der Waals surface area (Å²) >= 11 is 6.89. The number of rotatable bonds is 5. The Balaban J connectivity index is 2.24. The fourth-order valence-corrected chi connectivity index (χ4v) is 2.09. The van der Waals surface area contributed by atoms with Gasteiger partial charge in [-0.05, 0) is 18.0 Å². The van der Waals surface area contributed by atoms with Crippen LogP contribution in [0.2, 0.25) is 0 Å². The first kappa shape index (κ1) is 11.5. The van der Waals surface area contributed by atoms with Gasteiger partial charge < -0.3 is 4.42 Å². The van der Waals surface area contributed by atoms with Crippen molar-refractivity contribution in [2.75, 3.05) is 5.88 Å². The van der Waals surface area contributed by atoms with Gasteiger partial charge in [0.1, 0.15) is 4.88 Å². The van der Waals surface area contributed by atoms with Gasteiger partial charge in [-0.1, -0.05) is 17.8 Å². The molecule has 16 heavy (non-hydrogen) atoms. The predicted octanol–water partition coefficient (Wildman–Crippen LogP) is 2.32. The molecule has 5 nitrogen and oxygen atoms in total. The van der Waals surface area contributed by atoms with E-state index in [-0.39, 0.29) is 0 Å². The summed E-state index contributed by atoms with van der Waals surface area (Å²) < 4.78 is 9.39. The lowest BCUT2D eigenvalue weighted by Crippen LogP contribution is -1.87. The van der Waals surface area contributed by atoms with E-state index < -0.39 is 0 Å². The number of halogens is 1. The van der Waals surface area contributed by atoms with Crippen LogP contribution in [0.3, 0.4) is 0 Å². The van der Waals surface area contributed by atoms with Crippen molar-refractivity contribution < 1.29 is 4.42 Å². The quantitative estimate of drug-likeness (QED) is 0.770. The van der Waals surface area contributed by atoms with Crippen LogP contribution in [0, 0.1) is 0 Å². The minimum absolute atomic E-state index is 0.477. The standard InChI is InChI=1S/C9H11ClN4OS/c1-2-3-6-8(16-14-11-6)9-13-12-7(15-9)4-5-10/h2-5H2,1H3. The SMILES string of the molecule is CCCc1nnsc1-c1nnc(CCCl)o1. The molecule has 2 rings (SSSR count). The van der Waals surface area contributed by atoms with Crippen molar-refractivity contribution >= 4 is 23.1 Å². The van der Waals surface area contributed by atoms with Gasteiger partial charge in [0.2, 0.25) is 5.89 Å². The van der Waals surface area contributed by atoms with E-state index in [0.717, 1.165) is 23.4 Å². The van der Waals surface area contributed by atoms with Gasteiger partial charge in [-0.2, -0.15) is 0 Å². The highest BCUT2D eigenvalue weighted by Gasteiger charge is 2.16. The van der Waals surface area contributed by atoms with Gasteiger partial charge in [-0.15, -0.1) is 26.9 Å². The van der Waals surface area contributed by atoms with Crippen LogP contribution in [0.5, 0.6) is 0 Å². The van der Waals surface area contributed by atoms with E-state index in [1.165, 1.54) is 11.5 Å². The number of hydrogen-bond donors (Lipinski definition) is 0. The summed E-state index contributed by atoms with van der Waals surface area (Å²) in [5, 5.41) is 11.9. The molecule has 0 amide bonds. The maximum absolute atomic E-state index is 5.60. The molecule has 0 bridgehead atoms. The van der Waals surface area contributed by atoms with E-state index >= 15 is 0 Å². The van der Waals surface area contributed by atoms with Crippen LogP contribution in [0.4, 0.5) is 0 Å². The van der Waals surface area contributed by atoms with Crippen LogP contribution in [0.25, 0.3) is 10.8 Å². The zero-order chi connectivity index (χ0) is 11.4. The Kier molecular flexibility index (Phi) is 3.84. The lowest BCUT2D eigenvalue weighted by atomic mass is 10.2. The van der Waals surface area contributed by atoms with Crippen molar-refractivity contribution in [1.29, 1.82) is 0 Å². The molecule has 2 aromatic rings. The second-order valence-electron chi connectivity index (χ2n) is 3.24. The Labute approximate surface area is 102 Å². The number of aromatic nitrogens is 4. The topological polar surface area (TPSA) is 64.7 Å². The van der Waals surface area contributed by atoms with Gasteiger partial charge >= 0.3 is 0 Å². The Hall–Kier alpha value is -1.01. The molecule has 0 radical (unpaired) electrons. The van der Waals surface area contributed by atoms with Gasteiger partial charge in [-0.25, -0.2) is 0 Å². The minimum Gasteiger partial charge on any atom is -0.420 e. The van der Waals surface area contributed by atoms with Crippen molar-refractivity contribution in [1.82, 2.24) is 19.8 Å². The fraction of sp³-hybridized carbons (Fsp3) is 0.556. The normalized spacial score (nSPS) is 10.9. The van der Waals surface area contributed by atoms with Crippen LogP contribution in [-0.4, -0.2) is 25.7 Å². The molecule has 0 aliphatic heterocycles. The molecule has 0 spiro atoms. The third kappa shape index (κ3) is 2.38. The van der Waals surface area contributed by atoms with Gasteiger partial charge in [-0.3, -0.25) is 0 Å². The molecule has 0 aliphatic carbocycles. The van der Waals surface area contributed by atoms with E-state index in [1.54, 1.807) is 0 Å². The summed E-state index contributed by atoms with van der Waals surface area (Å²) in [6.07, 6.45) is 2.48. The molecule has 0 unspecified atom stereocenters. The molecule has 0 aliphatic rings. The third-order valence-corrected chi connectivity index (χ3v) is 2.96. The minimum atomic E-state index is 0.477. The molecule has 7 heteroatoms. The van der Waals surface area contributed by atoms with E-state index in [4.69, 9.17) is 16.0 Å². The maximum Gasteiger partial charge on any atom is 0.261 e. The summed E-state index contributed by atoms with van der Waals surface area (Å²) in [5.74, 6) is 1.53. The van der Waals surface area contributed by atoms with Crippen molar-refractivity contribution in [3.8, 4) is 10.8 Å². The molecule has 0 saturated carbocycles. The van der Waals surface area contributed by atoms with E-state index in [9.17, 15) is 0 Å². The summed E-state index contributed by atoms with van der Waals surface area (Å²) in [7, 11) is 0. The largest absolute Gasteiger partial charge is 0.420 e. The van der Waals surface area contributed by atoms with Gasteiger partial charge in [0.15, 0.2) is 0 Å². The molecular formula is C9H11ClN4OS. The second-order valence-corrected chi connectivity index (χ2v) is 4.37. The Morgan fingerprint density at radius 1 is 1.25 bits per heavy atom. The highest BCUT2D eigenvalue weighted by Crippen LogP contribution is 2.25. The zero-order valence-electron chi connectivity index (χ0n) is 8.81. The first-order chi connectivity index (χ1) is 7.85. The highest BCUT2D eigenvalue weighted by molar-refractivity contribution is 7.09. The Morgan fingerprint density at radius 2 is 2.12 bits per heavy atom. The van der Waals surface area contributed by atoms with E-state index in [1.807, 2.05) is 0 Å². The third-order valence-electron chi connectivity index (χ3n) is 2.01. The molecule has 2 aromatic heterocycles. The van der Waals surface area contributed by atoms with Crippen LogP contribution < -0.4 is 0 Å². The first-order valence-corrected chi connectivity index (χ1v) is 6.36. The number of nitrogens with zero attached hydrogens (tertiary/aromatic N) is 4. The maximum atomic E-state index is 5.60. The zero-order valence-corrected chi connectivity index (χ0v) is 10.4. The molecule has 0 aromatic carbocycles. The summed E-state index contributed by atoms with van der Waals surface area (Å²) in [4.78, 5) is 0.871. The lowest BCUT2D eigenvalue weighted by molar-refractivity contribution is 0.514. The van der Waals surface area contributed by atoms with Crippen LogP contribution in [0.15, 0.2) is 4.42 Å². The summed E-state index contributed by atoms with van der Waals surface area (Å²) in [6.45, 7) is 2.09. The Bertz CT molecular complexity index is 456. The molecule has 0 N–H and O–H groups in total. The van der Waals surface area contributed by atoms with E-state index in [2.05, 4.69) is 26.7 Å². The molecule has 2 heterocycles. The number of hydrogen-bond acceptors (Lipinski definition) is 6. The van der Waals surface area contributed by atoms with E-state index in [0.29, 0.717) is 24.1 Å². The van der Waals surface area contributed by atoms with Crippen LogP contribution >= 0.6 is 23.1 Å². The summed E-state index contributed by atoms with van der Waals surface area (Å²) in [5.41, 5.74) is 0.925. The molecule has 0 atom stereocenters. The molecule has 86 valence electrons. The highest BCUT2D eigenvalue weighted by atomic mass is 35.5. The second kappa shape index (κ2) is 5.36. The predicted molar refractivity (Wildman–Crippen MR) is 61.6 cm³/mol. The number of aryl methyl sites for hydroxylation is 2. The molecule has 0 saturated heterocycles. The monoisotopic (exact) mass is 258 g/mol. The van der Waals surface area contributed by atoms with Crippen LogP contribution in [0.1, 0.15) is 24.9 Å². The van der Waals surface area contributed by atoms with Crippen molar-refractivity contribution in [3.63, 3.8) is 0 Å². The lowest BCUT2D eigenvalue weighted by Gasteiger charge is -1.92. The van der Waals surface area contributed by atoms with Gasteiger partial charge in [0.25, 0.3) is 5.89 Å². The van der Waals surface area contributed by atoms with Crippen molar-refractivity contribution in [2.24, 2.45) is 0 Å². The Morgan fingerprint density at radius 3 is 2.88 bits per heavy atom. The molecule has 0 fully saturated rings.